The number of hydrogen-bond acceptors (Lipinski definition) is 5. The molecule has 142 valence electrons. The maximum absolute atomic E-state index is 12.8. The molecule has 0 unspecified atom stereocenters. The molecule has 0 bridgehead atoms. The first-order valence-corrected chi connectivity index (χ1v) is 9.13. The Kier molecular flexibility index (Phi) is 6.49. The van der Waals surface area contributed by atoms with Crippen LogP contribution in [0.4, 0.5) is 0 Å². The third-order valence-electron chi connectivity index (χ3n) is 4.41. The maximum Gasteiger partial charge on any atom is 0.257 e. The Morgan fingerprint density at radius 3 is 2.67 bits per heavy atom. The maximum atomic E-state index is 12.8. The van der Waals surface area contributed by atoms with E-state index < -0.39 is 0 Å². The first kappa shape index (κ1) is 19.0. The van der Waals surface area contributed by atoms with E-state index in [1.54, 1.807) is 18.0 Å². The molecule has 2 aromatic rings. The van der Waals surface area contributed by atoms with Crippen LogP contribution in [0.2, 0.25) is 0 Å². The molecule has 1 N–H and O–H groups in total. The summed E-state index contributed by atoms with van der Waals surface area (Å²) >= 11 is 0. The fourth-order valence-corrected chi connectivity index (χ4v) is 2.99. The Morgan fingerprint density at radius 2 is 1.93 bits per heavy atom. The number of nitrogens with one attached hydrogen (secondary N) is 1. The smallest absolute Gasteiger partial charge is 0.257 e. The molecule has 1 aromatic carbocycles. The minimum Gasteiger partial charge on any atom is -0.378 e. The molecule has 0 atom stereocenters. The number of carbonyl (C=O) groups is 2. The molecular formula is C20H24N4O3. The number of amides is 2. The lowest BCUT2D eigenvalue weighted by Crippen LogP contribution is -2.41. The van der Waals surface area contributed by atoms with Crippen LogP contribution < -0.4 is 5.32 Å². The predicted octanol–water partition coefficient (Wildman–Crippen LogP) is 1.16. The SMILES string of the molecule is Cc1ncc(C(=O)N2CCOCC2)c(CCNC(=O)Cc2ccccc2)n1. The van der Waals surface area contributed by atoms with Crippen molar-refractivity contribution in [2.75, 3.05) is 32.8 Å². The van der Waals surface area contributed by atoms with Gasteiger partial charge in [-0.3, -0.25) is 9.59 Å². The molecule has 1 aliphatic rings. The highest BCUT2D eigenvalue weighted by molar-refractivity contribution is 5.95. The van der Waals surface area contributed by atoms with Gasteiger partial charge in [-0.2, -0.15) is 0 Å². The number of aromatic nitrogens is 2. The van der Waals surface area contributed by atoms with Gasteiger partial charge in [-0.05, 0) is 12.5 Å². The molecule has 7 nitrogen and oxygen atoms in total. The van der Waals surface area contributed by atoms with Crippen LogP contribution in [0.3, 0.4) is 0 Å². The lowest BCUT2D eigenvalue weighted by atomic mass is 10.1. The second-order valence-electron chi connectivity index (χ2n) is 6.44. The number of benzene rings is 1. The third kappa shape index (κ3) is 5.34. The van der Waals surface area contributed by atoms with Crippen LogP contribution in [0.5, 0.6) is 0 Å². The fourth-order valence-electron chi connectivity index (χ4n) is 2.99. The van der Waals surface area contributed by atoms with E-state index >= 15 is 0 Å². The monoisotopic (exact) mass is 368 g/mol. The topological polar surface area (TPSA) is 84.4 Å². The van der Waals surface area contributed by atoms with Crippen LogP contribution in [-0.4, -0.2) is 59.5 Å². The van der Waals surface area contributed by atoms with Crippen LogP contribution >= 0.6 is 0 Å². The van der Waals surface area contributed by atoms with Crippen LogP contribution in [0.1, 0.15) is 27.4 Å². The summed E-state index contributed by atoms with van der Waals surface area (Å²) in [6.07, 6.45) is 2.40. The van der Waals surface area contributed by atoms with Crippen LogP contribution in [0, 0.1) is 6.92 Å². The Hall–Kier alpha value is -2.80. The van der Waals surface area contributed by atoms with Gasteiger partial charge in [0.2, 0.25) is 5.91 Å². The van der Waals surface area contributed by atoms with E-state index in [2.05, 4.69) is 15.3 Å². The van der Waals surface area contributed by atoms with Crippen molar-refractivity contribution in [1.82, 2.24) is 20.2 Å². The number of ether oxygens (including phenoxy) is 1. The van der Waals surface area contributed by atoms with Crippen molar-refractivity contribution in [3.63, 3.8) is 0 Å². The minimum absolute atomic E-state index is 0.0481. The molecule has 0 radical (unpaired) electrons. The fraction of sp³-hybridized carbons (Fsp3) is 0.400. The second-order valence-corrected chi connectivity index (χ2v) is 6.44. The van der Waals surface area contributed by atoms with Gasteiger partial charge < -0.3 is 15.0 Å². The van der Waals surface area contributed by atoms with Gasteiger partial charge in [0.1, 0.15) is 5.82 Å². The Morgan fingerprint density at radius 1 is 1.19 bits per heavy atom. The molecule has 1 saturated heterocycles. The van der Waals surface area contributed by atoms with E-state index in [0.717, 1.165) is 5.56 Å². The molecular weight excluding hydrogens is 344 g/mol. The zero-order valence-electron chi connectivity index (χ0n) is 15.5. The summed E-state index contributed by atoms with van der Waals surface area (Å²) in [5, 5.41) is 2.90. The third-order valence-corrected chi connectivity index (χ3v) is 4.41. The molecule has 0 aliphatic carbocycles. The van der Waals surface area contributed by atoms with Crippen molar-refractivity contribution in [1.29, 1.82) is 0 Å². The van der Waals surface area contributed by atoms with Crippen LogP contribution in [-0.2, 0) is 22.4 Å². The zero-order valence-corrected chi connectivity index (χ0v) is 15.5. The second kappa shape index (κ2) is 9.23. The summed E-state index contributed by atoms with van der Waals surface area (Å²) in [5.41, 5.74) is 2.13. The van der Waals surface area contributed by atoms with Crippen LogP contribution in [0.25, 0.3) is 0 Å². The lowest BCUT2D eigenvalue weighted by molar-refractivity contribution is -0.120. The van der Waals surface area contributed by atoms with Crippen molar-refractivity contribution in [3.05, 3.63) is 59.2 Å². The summed E-state index contributed by atoms with van der Waals surface area (Å²) < 4.78 is 5.30. The Bertz CT molecular complexity index is 789. The van der Waals surface area contributed by atoms with E-state index in [1.807, 2.05) is 30.3 Å². The number of morpholine rings is 1. The first-order chi connectivity index (χ1) is 13.1. The van der Waals surface area contributed by atoms with Crippen molar-refractivity contribution >= 4 is 11.8 Å². The van der Waals surface area contributed by atoms with E-state index in [0.29, 0.717) is 62.8 Å². The number of aryl methyl sites for hydroxylation is 1. The molecule has 2 amide bonds. The molecule has 0 saturated carbocycles. The first-order valence-electron chi connectivity index (χ1n) is 9.13. The van der Waals surface area contributed by atoms with E-state index in [9.17, 15) is 9.59 Å². The van der Waals surface area contributed by atoms with Gasteiger partial charge in [-0.1, -0.05) is 30.3 Å². The van der Waals surface area contributed by atoms with Gasteiger partial charge in [-0.25, -0.2) is 9.97 Å². The van der Waals surface area contributed by atoms with Gasteiger partial charge in [0.25, 0.3) is 5.91 Å². The molecule has 7 heteroatoms. The van der Waals surface area contributed by atoms with Gasteiger partial charge >= 0.3 is 0 Å². The average molecular weight is 368 g/mol. The van der Waals surface area contributed by atoms with Gasteiger partial charge in [-0.15, -0.1) is 0 Å². The van der Waals surface area contributed by atoms with E-state index in [4.69, 9.17) is 4.74 Å². The molecule has 1 aliphatic heterocycles. The standard InChI is InChI=1S/C20H24N4O3/c1-15-22-14-17(20(26)24-9-11-27-12-10-24)18(23-15)7-8-21-19(25)13-16-5-3-2-4-6-16/h2-6,14H,7-13H2,1H3,(H,21,25). The number of hydrogen-bond donors (Lipinski definition) is 1. The molecule has 3 rings (SSSR count). The summed E-state index contributed by atoms with van der Waals surface area (Å²) in [5.74, 6) is 0.482. The molecule has 27 heavy (non-hydrogen) atoms. The van der Waals surface area contributed by atoms with Gasteiger partial charge in [0.15, 0.2) is 0 Å². The largest absolute Gasteiger partial charge is 0.378 e. The number of carbonyl (C=O) groups excluding carboxylic acids is 2. The van der Waals surface area contributed by atoms with Crippen molar-refractivity contribution in [2.45, 2.75) is 19.8 Å². The van der Waals surface area contributed by atoms with Crippen molar-refractivity contribution in [2.24, 2.45) is 0 Å². The normalized spacial score (nSPS) is 14.0. The molecule has 1 aromatic heterocycles. The highest BCUT2D eigenvalue weighted by Crippen LogP contribution is 2.12. The molecule has 0 spiro atoms. The average Bonchev–Trinajstić information content (AvgIpc) is 2.69. The summed E-state index contributed by atoms with van der Waals surface area (Å²) in [7, 11) is 0. The van der Waals surface area contributed by atoms with Crippen molar-refractivity contribution < 1.29 is 14.3 Å². The summed E-state index contributed by atoms with van der Waals surface area (Å²) in [6, 6.07) is 9.59. The number of nitrogens with zero attached hydrogens (tertiary/aromatic N) is 3. The number of rotatable bonds is 6. The lowest BCUT2D eigenvalue weighted by Gasteiger charge is -2.27. The minimum atomic E-state index is -0.0797. The quantitative estimate of drug-likeness (QED) is 0.827. The van der Waals surface area contributed by atoms with Gasteiger partial charge in [0.05, 0.1) is 30.9 Å². The predicted molar refractivity (Wildman–Crippen MR) is 100 cm³/mol. The zero-order chi connectivity index (χ0) is 19.1. The Balaban J connectivity index is 1.59. The summed E-state index contributed by atoms with van der Waals surface area (Å²) in [4.78, 5) is 35.2. The van der Waals surface area contributed by atoms with Crippen LogP contribution in [0.15, 0.2) is 36.5 Å². The van der Waals surface area contributed by atoms with E-state index in [1.165, 1.54) is 0 Å². The van der Waals surface area contributed by atoms with Crippen molar-refractivity contribution in [3.8, 4) is 0 Å². The van der Waals surface area contributed by atoms with E-state index in [-0.39, 0.29) is 11.8 Å². The molecule has 1 fully saturated rings. The Labute approximate surface area is 158 Å². The summed E-state index contributed by atoms with van der Waals surface area (Å²) in [6.45, 7) is 4.44. The van der Waals surface area contributed by atoms with Gasteiger partial charge in [0, 0.05) is 32.3 Å². The molecule has 2 heterocycles. The highest BCUT2D eigenvalue weighted by atomic mass is 16.5. The highest BCUT2D eigenvalue weighted by Gasteiger charge is 2.22.